The van der Waals surface area contributed by atoms with Crippen LogP contribution >= 0.6 is 0 Å². The zero-order chi connectivity index (χ0) is 14.9. The average Bonchev–Trinajstić information content (AvgIpc) is 2.39. The lowest BCUT2D eigenvalue weighted by Crippen LogP contribution is -2.34. The summed E-state index contributed by atoms with van der Waals surface area (Å²) in [5.74, 6) is 0.119. The number of fused-ring (bicyclic) bond motifs is 1. The average molecular weight is 273 g/mol. The Balaban J connectivity index is 2.69. The zero-order valence-corrected chi connectivity index (χ0v) is 12.3. The zero-order valence-electron chi connectivity index (χ0n) is 12.3. The molecule has 2 rings (SSSR count). The van der Waals surface area contributed by atoms with E-state index >= 15 is 0 Å². The van der Waals surface area contributed by atoms with Crippen molar-refractivity contribution in [3.63, 3.8) is 0 Å². The Morgan fingerprint density at radius 3 is 2.45 bits per heavy atom. The van der Waals surface area contributed by atoms with Gasteiger partial charge in [-0.05, 0) is 45.4 Å². The molecule has 2 aromatic rings. The fourth-order valence-corrected chi connectivity index (χ4v) is 2.33. The number of nitrogens with zero attached hydrogens (tertiary/aromatic N) is 1. The van der Waals surface area contributed by atoms with Gasteiger partial charge in [-0.3, -0.25) is 9.59 Å². The second-order valence-corrected chi connectivity index (χ2v) is 4.84. The van der Waals surface area contributed by atoms with Gasteiger partial charge in [0.25, 0.3) is 5.91 Å². The highest BCUT2D eigenvalue weighted by atomic mass is 16.3. The SMILES string of the molecule is CCN(CC)C(=O)c1c(C)oc2cc(C)ccc2c1=O. The first-order chi connectivity index (χ1) is 9.49. The quantitative estimate of drug-likeness (QED) is 0.864. The van der Waals surface area contributed by atoms with E-state index in [1.165, 1.54) is 0 Å². The molecule has 0 saturated heterocycles. The molecule has 0 N–H and O–H groups in total. The molecule has 0 aliphatic rings. The molecule has 0 radical (unpaired) electrons. The largest absolute Gasteiger partial charge is 0.460 e. The number of hydrogen-bond acceptors (Lipinski definition) is 3. The van der Waals surface area contributed by atoms with E-state index < -0.39 is 0 Å². The maximum Gasteiger partial charge on any atom is 0.261 e. The van der Waals surface area contributed by atoms with E-state index in [9.17, 15) is 9.59 Å². The van der Waals surface area contributed by atoms with Crippen LogP contribution < -0.4 is 5.43 Å². The van der Waals surface area contributed by atoms with Crippen LogP contribution in [-0.2, 0) is 0 Å². The van der Waals surface area contributed by atoms with Gasteiger partial charge >= 0.3 is 0 Å². The Hall–Kier alpha value is -2.10. The van der Waals surface area contributed by atoms with Gasteiger partial charge < -0.3 is 9.32 Å². The molecular weight excluding hydrogens is 254 g/mol. The molecule has 0 unspecified atom stereocenters. The van der Waals surface area contributed by atoms with E-state index in [2.05, 4.69) is 0 Å². The Morgan fingerprint density at radius 2 is 1.85 bits per heavy atom. The van der Waals surface area contributed by atoms with Crippen LogP contribution in [-0.4, -0.2) is 23.9 Å². The summed E-state index contributed by atoms with van der Waals surface area (Å²) in [5.41, 5.74) is 1.44. The van der Waals surface area contributed by atoms with Gasteiger partial charge in [0, 0.05) is 13.1 Å². The number of amides is 1. The third kappa shape index (κ3) is 2.33. The van der Waals surface area contributed by atoms with E-state index in [0.29, 0.717) is 29.8 Å². The summed E-state index contributed by atoms with van der Waals surface area (Å²) >= 11 is 0. The van der Waals surface area contributed by atoms with Gasteiger partial charge in [-0.25, -0.2) is 0 Å². The summed E-state index contributed by atoms with van der Waals surface area (Å²) < 4.78 is 5.67. The van der Waals surface area contributed by atoms with Gasteiger partial charge in [-0.15, -0.1) is 0 Å². The second-order valence-electron chi connectivity index (χ2n) is 4.84. The first-order valence-electron chi connectivity index (χ1n) is 6.82. The molecule has 1 aromatic heterocycles. The third-order valence-corrected chi connectivity index (χ3v) is 3.49. The van der Waals surface area contributed by atoms with Crippen molar-refractivity contribution in [2.24, 2.45) is 0 Å². The number of aryl methyl sites for hydroxylation is 2. The van der Waals surface area contributed by atoms with Crippen LogP contribution in [0.15, 0.2) is 27.4 Å². The van der Waals surface area contributed by atoms with Crippen LogP contribution in [0.1, 0.15) is 35.5 Å². The van der Waals surface area contributed by atoms with Crippen molar-refractivity contribution >= 4 is 16.9 Å². The molecule has 4 nitrogen and oxygen atoms in total. The minimum absolute atomic E-state index is 0.144. The monoisotopic (exact) mass is 273 g/mol. The van der Waals surface area contributed by atoms with Gasteiger partial charge in [0.05, 0.1) is 5.39 Å². The van der Waals surface area contributed by atoms with Crippen LogP contribution in [0.4, 0.5) is 0 Å². The van der Waals surface area contributed by atoms with E-state index in [4.69, 9.17) is 4.42 Å². The van der Waals surface area contributed by atoms with Crippen LogP contribution in [0.25, 0.3) is 11.0 Å². The molecule has 1 heterocycles. The predicted octanol–water partition coefficient (Wildman–Crippen LogP) is 2.89. The fraction of sp³-hybridized carbons (Fsp3) is 0.375. The molecule has 0 spiro atoms. The molecule has 0 aliphatic carbocycles. The molecular formula is C16H19NO3. The van der Waals surface area contributed by atoms with Gasteiger partial charge in [0.15, 0.2) is 0 Å². The number of hydrogen-bond donors (Lipinski definition) is 0. The smallest absolute Gasteiger partial charge is 0.261 e. The molecule has 0 atom stereocenters. The first kappa shape index (κ1) is 14.3. The van der Waals surface area contributed by atoms with E-state index in [1.54, 1.807) is 17.9 Å². The maximum absolute atomic E-state index is 12.5. The van der Waals surface area contributed by atoms with Crippen molar-refractivity contribution < 1.29 is 9.21 Å². The number of carbonyl (C=O) groups excluding carboxylic acids is 1. The second kappa shape index (κ2) is 5.49. The van der Waals surface area contributed by atoms with Gasteiger partial charge in [0.1, 0.15) is 16.9 Å². The summed E-state index contributed by atoms with van der Waals surface area (Å²) in [5, 5.41) is 0.455. The highest BCUT2D eigenvalue weighted by molar-refractivity contribution is 5.97. The van der Waals surface area contributed by atoms with Gasteiger partial charge in [0.2, 0.25) is 5.43 Å². The molecule has 1 aromatic carbocycles. The van der Waals surface area contributed by atoms with Crippen LogP contribution in [0.2, 0.25) is 0 Å². The Bertz CT molecular complexity index is 711. The predicted molar refractivity (Wildman–Crippen MR) is 79.2 cm³/mol. The number of benzene rings is 1. The molecule has 4 heteroatoms. The van der Waals surface area contributed by atoms with Gasteiger partial charge in [-0.1, -0.05) is 6.07 Å². The molecule has 0 aliphatic heterocycles. The lowest BCUT2D eigenvalue weighted by Gasteiger charge is -2.19. The van der Waals surface area contributed by atoms with Crippen molar-refractivity contribution in [2.45, 2.75) is 27.7 Å². The third-order valence-electron chi connectivity index (χ3n) is 3.49. The van der Waals surface area contributed by atoms with Crippen molar-refractivity contribution in [1.82, 2.24) is 4.90 Å². The van der Waals surface area contributed by atoms with E-state index in [-0.39, 0.29) is 16.9 Å². The van der Waals surface area contributed by atoms with Crippen molar-refractivity contribution in [2.75, 3.05) is 13.1 Å². The highest BCUT2D eigenvalue weighted by Gasteiger charge is 2.22. The van der Waals surface area contributed by atoms with Crippen LogP contribution in [0, 0.1) is 13.8 Å². The minimum Gasteiger partial charge on any atom is -0.460 e. The molecule has 106 valence electrons. The van der Waals surface area contributed by atoms with Crippen LogP contribution in [0.5, 0.6) is 0 Å². The van der Waals surface area contributed by atoms with Crippen LogP contribution in [0.3, 0.4) is 0 Å². The Kier molecular flexibility index (Phi) is 3.93. The van der Waals surface area contributed by atoms with Crippen molar-refractivity contribution in [1.29, 1.82) is 0 Å². The fourth-order valence-electron chi connectivity index (χ4n) is 2.33. The maximum atomic E-state index is 12.5. The molecule has 0 fully saturated rings. The number of rotatable bonds is 3. The summed E-state index contributed by atoms with van der Waals surface area (Å²) in [6, 6.07) is 5.38. The molecule has 1 amide bonds. The summed E-state index contributed by atoms with van der Waals surface area (Å²) in [6.07, 6.45) is 0. The topological polar surface area (TPSA) is 50.5 Å². The van der Waals surface area contributed by atoms with Gasteiger partial charge in [-0.2, -0.15) is 0 Å². The Labute approximate surface area is 118 Å². The summed E-state index contributed by atoms with van der Waals surface area (Å²) in [4.78, 5) is 26.6. The minimum atomic E-state index is -0.260. The molecule has 0 bridgehead atoms. The Morgan fingerprint density at radius 1 is 1.20 bits per heavy atom. The highest BCUT2D eigenvalue weighted by Crippen LogP contribution is 2.17. The standard InChI is InChI=1S/C16H19NO3/c1-5-17(6-2)16(19)14-11(4)20-13-9-10(3)7-8-12(13)15(14)18/h7-9H,5-6H2,1-4H3. The normalized spacial score (nSPS) is 10.8. The van der Waals surface area contributed by atoms with Crippen molar-refractivity contribution in [3.05, 3.63) is 45.3 Å². The lowest BCUT2D eigenvalue weighted by molar-refractivity contribution is 0.0768. The summed E-state index contributed by atoms with van der Waals surface area (Å²) in [6.45, 7) is 8.52. The van der Waals surface area contributed by atoms with Crippen molar-refractivity contribution in [3.8, 4) is 0 Å². The molecule has 20 heavy (non-hydrogen) atoms. The lowest BCUT2D eigenvalue weighted by atomic mass is 10.1. The molecule has 0 saturated carbocycles. The first-order valence-corrected chi connectivity index (χ1v) is 6.82. The summed E-state index contributed by atoms with van der Waals surface area (Å²) in [7, 11) is 0. The van der Waals surface area contributed by atoms with E-state index in [1.807, 2.05) is 32.9 Å². The number of carbonyl (C=O) groups is 1. The van der Waals surface area contributed by atoms with E-state index in [0.717, 1.165) is 5.56 Å².